The van der Waals surface area contributed by atoms with Crippen LogP contribution < -0.4 is 4.90 Å². The Hall–Kier alpha value is -2.25. The Balaban J connectivity index is 2.57. The summed E-state index contributed by atoms with van der Waals surface area (Å²) >= 11 is 0. The topological polar surface area (TPSA) is 82.3 Å². The fraction of sp³-hybridized carbons (Fsp3) is 0.143. The first-order valence-corrected chi connectivity index (χ1v) is 7.58. The van der Waals surface area contributed by atoms with E-state index < -0.39 is 10.1 Å². The minimum Gasteiger partial charge on any atom is -0.376 e. The first-order valence-electron chi connectivity index (χ1n) is 6.14. The third-order valence-electron chi connectivity index (χ3n) is 2.76. The molecule has 0 aromatic heterocycles. The van der Waals surface area contributed by atoms with Crippen LogP contribution in [0.15, 0.2) is 63.7 Å². The molecule has 2 rings (SSSR count). The van der Waals surface area contributed by atoms with Gasteiger partial charge in [-0.25, -0.2) is 0 Å². The normalized spacial score (nSPS) is 11.8. The molecule has 0 aliphatic rings. The Morgan fingerprint density at radius 1 is 0.952 bits per heavy atom. The van der Waals surface area contributed by atoms with Gasteiger partial charge in [0.05, 0.1) is 11.4 Å². The van der Waals surface area contributed by atoms with Gasteiger partial charge in [-0.3, -0.25) is 4.55 Å². The van der Waals surface area contributed by atoms with Crippen molar-refractivity contribution in [2.75, 3.05) is 19.0 Å². The molecule has 21 heavy (non-hydrogen) atoms. The molecule has 0 aliphatic heterocycles. The van der Waals surface area contributed by atoms with Gasteiger partial charge in [0.15, 0.2) is 0 Å². The zero-order valence-electron chi connectivity index (χ0n) is 11.6. The standard InChI is InChI=1S/C14H15N3O3S/c1-17(2)12-9-6-10-13(21(18,19)20)14(12)16-15-11-7-4-3-5-8-11/h3-10H,1-2H3,(H,18,19,20). The van der Waals surface area contributed by atoms with Gasteiger partial charge in [-0.1, -0.05) is 24.3 Å². The molecule has 110 valence electrons. The summed E-state index contributed by atoms with van der Waals surface area (Å²) in [4.78, 5) is 1.43. The van der Waals surface area contributed by atoms with E-state index in [4.69, 9.17) is 0 Å². The van der Waals surface area contributed by atoms with E-state index in [0.717, 1.165) is 0 Å². The van der Waals surface area contributed by atoms with Crippen LogP contribution in [-0.4, -0.2) is 27.1 Å². The Kier molecular flexibility index (Phi) is 4.35. The van der Waals surface area contributed by atoms with E-state index in [9.17, 15) is 13.0 Å². The fourth-order valence-electron chi connectivity index (χ4n) is 1.78. The summed E-state index contributed by atoms with van der Waals surface area (Å²) in [5.41, 5.74) is 1.24. The maximum Gasteiger partial charge on any atom is 0.296 e. The summed E-state index contributed by atoms with van der Waals surface area (Å²) in [6, 6.07) is 13.5. The molecule has 0 radical (unpaired) electrons. The van der Waals surface area contributed by atoms with Crippen LogP contribution in [0.5, 0.6) is 0 Å². The van der Waals surface area contributed by atoms with E-state index in [1.165, 1.54) is 6.07 Å². The SMILES string of the molecule is CN(C)c1cccc(S(=O)(=O)O)c1N=Nc1ccccc1. The molecule has 0 aliphatic carbocycles. The number of anilines is 1. The molecular formula is C14H15N3O3S. The Morgan fingerprint density at radius 2 is 1.62 bits per heavy atom. The van der Waals surface area contributed by atoms with Crippen LogP contribution in [0.25, 0.3) is 0 Å². The molecule has 0 fully saturated rings. The lowest BCUT2D eigenvalue weighted by Crippen LogP contribution is -2.10. The molecule has 0 spiro atoms. The second kappa shape index (κ2) is 6.02. The summed E-state index contributed by atoms with van der Waals surface area (Å²) in [7, 11) is -0.865. The molecule has 0 saturated carbocycles. The van der Waals surface area contributed by atoms with Gasteiger partial charge in [-0.05, 0) is 24.3 Å². The van der Waals surface area contributed by atoms with Crippen molar-refractivity contribution in [3.8, 4) is 0 Å². The minimum absolute atomic E-state index is 0.105. The fourth-order valence-corrected chi connectivity index (χ4v) is 2.42. The number of hydrogen-bond acceptors (Lipinski definition) is 5. The lowest BCUT2D eigenvalue weighted by Gasteiger charge is -2.16. The maximum absolute atomic E-state index is 11.5. The van der Waals surface area contributed by atoms with Crippen molar-refractivity contribution in [1.82, 2.24) is 0 Å². The Labute approximate surface area is 123 Å². The van der Waals surface area contributed by atoms with Crippen molar-refractivity contribution in [1.29, 1.82) is 0 Å². The molecule has 0 saturated heterocycles. The number of nitrogens with zero attached hydrogens (tertiary/aromatic N) is 3. The van der Waals surface area contributed by atoms with E-state index in [1.807, 2.05) is 6.07 Å². The predicted molar refractivity (Wildman–Crippen MR) is 81.2 cm³/mol. The van der Waals surface area contributed by atoms with Gasteiger partial charge in [0.25, 0.3) is 10.1 Å². The van der Waals surface area contributed by atoms with Crippen molar-refractivity contribution in [3.63, 3.8) is 0 Å². The molecule has 0 atom stereocenters. The summed E-state index contributed by atoms with van der Waals surface area (Å²) in [5.74, 6) is 0. The molecule has 2 aromatic rings. The van der Waals surface area contributed by atoms with Crippen LogP contribution in [0.1, 0.15) is 0 Å². The molecule has 0 heterocycles. The number of azo groups is 1. The monoisotopic (exact) mass is 305 g/mol. The molecule has 0 unspecified atom stereocenters. The van der Waals surface area contributed by atoms with Crippen molar-refractivity contribution in [2.24, 2.45) is 10.2 Å². The highest BCUT2D eigenvalue weighted by molar-refractivity contribution is 7.86. The van der Waals surface area contributed by atoms with Crippen LogP contribution in [-0.2, 0) is 10.1 Å². The van der Waals surface area contributed by atoms with Crippen LogP contribution in [0.4, 0.5) is 17.1 Å². The predicted octanol–water partition coefficient (Wildman–Crippen LogP) is 3.41. The van der Waals surface area contributed by atoms with Crippen molar-refractivity contribution < 1.29 is 13.0 Å². The van der Waals surface area contributed by atoms with Gasteiger partial charge in [0.1, 0.15) is 10.6 Å². The smallest absolute Gasteiger partial charge is 0.296 e. The van der Waals surface area contributed by atoms with E-state index in [1.54, 1.807) is 55.4 Å². The molecule has 1 N–H and O–H groups in total. The van der Waals surface area contributed by atoms with Crippen molar-refractivity contribution >= 4 is 27.2 Å². The molecular weight excluding hydrogens is 290 g/mol. The Morgan fingerprint density at radius 3 is 2.19 bits per heavy atom. The second-order valence-corrected chi connectivity index (χ2v) is 5.92. The van der Waals surface area contributed by atoms with E-state index in [2.05, 4.69) is 10.2 Å². The number of benzene rings is 2. The largest absolute Gasteiger partial charge is 0.376 e. The number of rotatable bonds is 4. The van der Waals surface area contributed by atoms with Crippen LogP contribution in [0.3, 0.4) is 0 Å². The summed E-state index contributed by atoms with van der Waals surface area (Å²) < 4.78 is 32.3. The quantitative estimate of drug-likeness (QED) is 0.693. The molecule has 2 aromatic carbocycles. The van der Waals surface area contributed by atoms with Crippen LogP contribution in [0.2, 0.25) is 0 Å². The van der Waals surface area contributed by atoms with Gasteiger partial charge in [-0.2, -0.15) is 13.5 Å². The third kappa shape index (κ3) is 3.65. The maximum atomic E-state index is 11.5. The van der Waals surface area contributed by atoms with E-state index >= 15 is 0 Å². The lowest BCUT2D eigenvalue weighted by atomic mass is 10.2. The zero-order valence-corrected chi connectivity index (χ0v) is 12.4. The van der Waals surface area contributed by atoms with Gasteiger partial charge in [-0.15, -0.1) is 5.11 Å². The first-order chi connectivity index (χ1) is 9.89. The highest BCUT2D eigenvalue weighted by atomic mass is 32.2. The lowest BCUT2D eigenvalue weighted by molar-refractivity contribution is 0.483. The van der Waals surface area contributed by atoms with E-state index in [-0.39, 0.29) is 10.6 Å². The average molecular weight is 305 g/mol. The zero-order chi connectivity index (χ0) is 15.5. The van der Waals surface area contributed by atoms with Crippen LogP contribution >= 0.6 is 0 Å². The van der Waals surface area contributed by atoms with Gasteiger partial charge in [0.2, 0.25) is 0 Å². The van der Waals surface area contributed by atoms with Gasteiger partial charge >= 0.3 is 0 Å². The summed E-state index contributed by atoms with van der Waals surface area (Å²) in [6.07, 6.45) is 0. The van der Waals surface area contributed by atoms with Crippen molar-refractivity contribution in [2.45, 2.75) is 4.90 Å². The molecule has 7 heteroatoms. The molecule has 6 nitrogen and oxygen atoms in total. The highest BCUT2D eigenvalue weighted by Gasteiger charge is 2.19. The molecule has 0 bridgehead atoms. The minimum atomic E-state index is -4.37. The number of hydrogen-bond donors (Lipinski definition) is 1. The second-order valence-electron chi connectivity index (χ2n) is 4.53. The van der Waals surface area contributed by atoms with Crippen LogP contribution in [0, 0.1) is 0 Å². The first kappa shape index (κ1) is 15.1. The third-order valence-corrected chi connectivity index (χ3v) is 3.64. The van der Waals surface area contributed by atoms with Gasteiger partial charge < -0.3 is 4.90 Å². The molecule has 0 amide bonds. The van der Waals surface area contributed by atoms with Gasteiger partial charge in [0, 0.05) is 14.1 Å². The summed E-state index contributed by atoms with van der Waals surface area (Å²) in [5, 5.41) is 8.02. The average Bonchev–Trinajstić information content (AvgIpc) is 2.44. The summed E-state index contributed by atoms with van der Waals surface area (Å²) in [6.45, 7) is 0. The van der Waals surface area contributed by atoms with E-state index in [0.29, 0.717) is 11.4 Å². The highest BCUT2D eigenvalue weighted by Crippen LogP contribution is 2.35. The Bertz CT molecular complexity index is 756. The van der Waals surface area contributed by atoms with Crippen molar-refractivity contribution in [3.05, 3.63) is 48.5 Å².